The number of hydrogen-bond acceptors (Lipinski definition) is 2. The van der Waals surface area contributed by atoms with E-state index in [1.54, 1.807) is 41.9 Å². The number of amides is 1. The highest BCUT2D eigenvalue weighted by molar-refractivity contribution is 9.10. The SMILES string of the molecule is Cn1cc(Br)cc1C(=O)Nc1ccc(C#N)cc1. The lowest BCUT2D eigenvalue weighted by molar-refractivity contribution is 0.101. The van der Waals surface area contributed by atoms with Gasteiger partial charge in [-0.15, -0.1) is 0 Å². The maximum atomic E-state index is 12.0. The Morgan fingerprint density at radius 1 is 1.39 bits per heavy atom. The van der Waals surface area contributed by atoms with E-state index < -0.39 is 0 Å². The second-order valence-electron chi connectivity index (χ2n) is 3.80. The molecule has 0 aliphatic heterocycles. The lowest BCUT2D eigenvalue weighted by Crippen LogP contribution is -2.15. The van der Waals surface area contributed by atoms with E-state index >= 15 is 0 Å². The van der Waals surface area contributed by atoms with Crippen LogP contribution in [-0.4, -0.2) is 10.5 Å². The van der Waals surface area contributed by atoms with Crippen molar-refractivity contribution in [2.24, 2.45) is 7.05 Å². The van der Waals surface area contributed by atoms with Crippen LogP contribution >= 0.6 is 15.9 Å². The Labute approximate surface area is 113 Å². The molecular weight excluding hydrogens is 294 g/mol. The molecule has 0 saturated heterocycles. The van der Waals surface area contributed by atoms with Crippen LogP contribution in [0.15, 0.2) is 41.0 Å². The smallest absolute Gasteiger partial charge is 0.272 e. The summed E-state index contributed by atoms with van der Waals surface area (Å²) < 4.78 is 2.60. The maximum Gasteiger partial charge on any atom is 0.272 e. The third-order valence-corrected chi connectivity index (χ3v) is 2.91. The van der Waals surface area contributed by atoms with Crippen LogP contribution in [0.3, 0.4) is 0 Å². The predicted molar refractivity (Wildman–Crippen MR) is 72.2 cm³/mol. The molecule has 0 fully saturated rings. The van der Waals surface area contributed by atoms with E-state index in [-0.39, 0.29) is 5.91 Å². The molecule has 0 bridgehead atoms. The van der Waals surface area contributed by atoms with Gasteiger partial charge in [-0.2, -0.15) is 5.26 Å². The van der Waals surface area contributed by atoms with Crippen LogP contribution < -0.4 is 5.32 Å². The summed E-state index contributed by atoms with van der Waals surface area (Å²) in [4.78, 5) is 12.0. The van der Waals surface area contributed by atoms with Crippen molar-refractivity contribution < 1.29 is 4.79 Å². The molecule has 1 aromatic carbocycles. The second kappa shape index (κ2) is 5.07. The minimum absolute atomic E-state index is 0.187. The molecule has 0 spiro atoms. The van der Waals surface area contributed by atoms with Gasteiger partial charge in [0.1, 0.15) is 5.69 Å². The van der Waals surface area contributed by atoms with Gasteiger partial charge in [0, 0.05) is 23.4 Å². The second-order valence-corrected chi connectivity index (χ2v) is 4.71. The zero-order chi connectivity index (χ0) is 13.1. The molecule has 90 valence electrons. The summed E-state index contributed by atoms with van der Waals surface area (Å²) in [7, 11) is 1.80. The van der Waals surface area contributed by atoms with Crippen LogP contribution in [0.5, 0.6) is 0 Å². The first-order chi connectivity index (χ1) is 8.60. The number of aromatic nitrogens is 1. The lowest BCUT2D eigenvalue weighted by atomic mass is 10.2. The van der Waals surface area contributed by atoms with Gasteiger partial charge in [-0.3, -0.25) is 4.79 Å². The van der Waals surface area contributed by atoms with Crippen molar-refractivity contribution in [3.05, 3.63) is 52.3 Å². The first-order valence-corrected chi connectivity index (χ1v) is 6.03. The average Bonchev–Trinajstić information content (AvgIpc) is 2.69. The Morgan fingerprint density at radius 3 is 2.56 bits per heavy atom. The van der Waals surface area contributed by atoms with E-state index in [9.17, 15) is 4.79 Å². The number of nitrogens with zero attached hydrogens (tertiary/aromatic N) is 2. The monoisotopic (exact) mass is 303 g/mol. The molecule has 0 aliphatic rings. The summed E-state index contributed by atoms with van der Waals surface area (Å²) in [6, 6.07) is 10.5. The predicted octanol–water partition coefficient (Wildman–Crippen LogP) is 2.91. The number of anilines is 1. The Bertz CT molecular complexity index is 623. The lowest BCUT2D eigenvalue weighted by Gasteiger charge is -2.05. The molecule has 5 heteroatoms. The van der Waals surface area contributed by atoms with Crippen LogP contribution in [-0.2, 0) is 7.05 Å². The van der Waals surface area contributed by atoms with Gasteiger partial charge in [0.25, 0.3) is 5.91 Å². The molecule has 2 aromatic rings. The minimum atomic E-state index is -0.187. The molecular formula is C13H10BrN3O. The van der Waals surface area contributed by atoms with Gasteiger partial charge in [-0.1, -0.05) is 0 Å². The summed E-state index contributed by atoms with van der Waals surface area (Å²) >= 11 is 3.32. The van der Waals surface area contributed by atoms with Crippen molar-refractivity contribution in [2.75, 3.05) is 5.32 Å². The molecule has 0 radical (unpaired) electrons. The Morgan fingerprint density at radius 2 is 2.06 bits per heavy atom. The zero-order valence-electron chi connectivity index (χ0n) is 9.64. The molecule has 1 heterocycles. The molecule has 2 rings (SSSR count). The van der Waals surface area contributed by atoms with Crippen molar-refractivity contribution in [3.63, 3.8) is 0 Å². The average molecular weight is 304 g/mol. The van der Waals surface area contributed by atoms with Crippen molar-refractivity contribution in [3.8, 4) is 6.07 Å². The molecule has 0 atom stereocenters. The van der Waals surface area contributed by atoms with Crippen LogP contribution in [0.1, 0.15) is 16.1 Å². The van der Waals surface area contributed by atoms with Crippen LogP contribution in [0.4, 0.5) is 5.69 Å². The first-order valence-electron chi connectivity index (χ1n) is 5.23. The molecule has 4 nitrogen and oxygen atoms in total. The standard InChI is InChI=1S/C13H10BrN3O/c1-17-8-10(14)6-12(17)13(18)16-11-4-2-9(7-15)3-5-11/h2-6,8H,1H3,(H,16,18). The highest BCUT2D eigenvalue weighted by atomic mass is 79.9. The molecule has 1 N–H and O–H groups in total. The summed E-state index contributed by atoms with van der Waals surface area (Å²) in [6.45, 7) is 0. The fourth-order valence-corrected chi connectivity index (χ4v) is 2.10. The number of nitriles is 1. The van der Waals surface area contributed by atoms with Gasteiger partial charge < -0.3 is 9.88 Å². The van der Waals surface area contributed by atoms with Gasteiger partial charge in [-0.25, -0.2) is 0 Å². The number of nitrogens with one attached hydrogen (secondary N) is 1. The van der Waals surface area contributed by atoms with Gasteiger partial charge in [0.2, 0.25) is 0 Å². The zero-order valence-corrected chi connectivity index (χ0v) is 11.2. The number of rotatable bonds is 2. The Hall–Kier alpha value is -2.06. The third-order valence-electron chi connectivity index (χ3n) is 2.48. The van der Waals surface area contributed by atoms with Gasteiger partial charge >= 0.3 is 0 Å². The van der Waals surface area contributed by atoms with Crippen LogP contribution in [0, 0.1) is 11.3 Å². The molecule has 18 heavy (non-hydrogen) atoms. The van der Waals surface area contributed by atoms with E-state index in [1.807, 2.05) is 12.3 Å². The molecule has 0 saturated carbocycles. The molecule has 1 aromatic heterocycles. The molecule has 0 aliphatic carbocycles. The summed E-state index contributed by atoms with van der Waals surface area (Å²) in [6.07, 6.45) is 1.81. The topological polar surface area (TPSA) is 57.8 Å². The van der Waals surface area contributed by atoms with Gasteiger partial charge in [-0.05, 0) is 46.3 Å². The van der Waals surface area contributed by atoms with E-state index in [2.05, 4.69) is 21.2 Å². The van der Waals surface area contributed by atoms with Gasteiger partial charge in [0.15, 0.2) is 0 Å². The number of hydrogen-bond donors (Lipinski definition) is 1. The van der Waals surface area contributed by atoms with Crippen molar-refractivity contribution in [1.82, 2.24) is 4.57 Å². The van der Waals surface area contributed by atoms with E-state index in [0.717, 1.165) is 4.47 Å². The number of halogens is 1. The van der Waals surface area contributed by atoms with Crippen molar-refractivity contribution in [2.45, 2.75) is 0 Å². The molecule has 0 unspecified atom stereocenters. The highest BCUT2D eigenvalue weighted by Gasteiger charge is 2.11. The first kappa shape index (κ1) is 12.4. The summed E-state index contributed by atoms with van der Waals surface area (Å²) in [5.74, 6) is -0.187. The van der Waals surface area contributed by atoms with Crippen LogP contribution in [0.25, 0.3) is 0 Å². The van der Waals surface area contributed by atoms with E-state index in [0.29, 0.717) is 16.9 Å². The largest absolute Gasteiger partial charge is 0.345 e. The Kier molecular flexibility index (Phi) is 3.49. The summed E-state index contributed by atoms with van der Waals surface area (Å²) in [5.41, 5.74) is 1.79. The van der Waals surface area contributed by atoms with E-state index in [1.165, 1.54) is 0 Å². The quantitative estimate of drug-likeness (QED) is 0.927. The van der Waals surface area contributed by atoms with Crippen molar-refractivity contribution in [1.29, 1.82) is 5.26 Å². The minimum Gasteiger partial charge on any atom is -0.345 e. The number of carbonyl (C=O) groups is 1. The Balaban J connectivity index is 2.16. The fourth-order valence-electron chi connectivity index (χ4n) is 1.57. The number of carbonyl (C=O) groups excluding carboxylic acids is 1. The van der Waals surface area contributed by atoms with Crippen molar-refractivity contribution >= 4 is 27.5 Å². The highest BCUT2D eigenvalue weighted by Crippen LogP contribution is 2.16. The number of aryl methyl sites for hydroxylation is 1. The van der Waals surface area contributed by atoms with Crippen LogP contribution in [0.2, 0.25) is 0 Å². The number of benzene rings is 1. The third kappa shape index (κ3) is 2.60. The maximum absolute atomic E-state index is 12.0. The van der Waals surface area contributed by atoms with E-state index in [4.69, 9.17) is 5.26 Å². The summed E-state index contributed by atoms with van der Waals surface area (Å²) in [5, 5.41) is 11.5. The van der Waals surface area contributed by atoms with Gasteiger partial charge in [0.05, 0.1) is 11.6 Å². The fraction of sp³-hybridized carbons (Fsp3) is 0.0769. The normalized spacial score (nSPS) is 9.83. The molecule has 1 amide bonds.